The van der Waals surface area contributed by atoms with Gasteiger partial charge in [-0.15, -0.1) is 5.10 Å². The van der Waals surface area contributed by atoms with Gasteiger partial charge in [-0.2, -0.15) is 5.10 Å². The topological polar surface area (TPSA) is 89.4 Å². The summed E-state index contributed by atoms with van der Waals surface area (Å²) in [4.78, 5) is 4.76. The van der Waals surface area contributed by atoms with Gasteiger partial charge in [-0.3, -0.25) is 5.10 Å². The van der Waals surface area contributed by atoms with Crippen LogP contribution in [0.25, 0.3) is 5.52 Å². The van der Waals surface area contributed by atoms with E-state index < -0.39 is 6.10 Å². The average molecular weight is 408 g/mol. The smallest absolute Gasteiger partial charge is 0.184 e. The Bertz CT molecular complexity index is 1150. The zero-order valence-electron chi connectivity index (χ0n) is 16.4. The van der Waals surface area contributed by atoms with Crippen LogP contribution in [0.1, 0.15) is 29.6 Å². The van der Waals surface area contributed by atoms with Gasteiger partial charge in [0.1, 0.15) is 17.4 Å². The second kappa shape index (κ2) is 7.85. The van der Waals surface area contributed by atoms with Crippen molar-refractivity contribution < 1.29 is 13.9 Å². The van der Waals surface area contributed by atoms with Gasteiger partial charge in [-0.1, -0.05) is 12.1 Å². The molecule has 154 valence electrons. The van der Waals surface area contributed by atoms with Crippen LogP contribution in [-0.2, 0) is 9.47 Å². The molecule has 9 heteroatoms. The first-order chi connectivity index (χ1) is 14.7. The van der Waals surface area contributed by atoms with Crippen molar-refractivity contribution in [1.29, 1.82) is 0 Å². The maximum atomic E-state index is 13.5. The Kier molecular flexibility index (Phi) is 4.89. The standard InChI is InChI=1S/C21H21FN6O2/c1-13-11-18(26-25-13)23-20-17-3-2-9-28(17)27-21(24-20)19(30-16-8-10-29-12-16)14-4-6-15(22)7-5-14/h2-7,9,11,16,19H,8,10,12H2,1H3,(H2,23,24,25,26,27). The van der Waals surface area contributed by atoms with E-state index in [1.807, 2.05) is 31.3 Å². The molecule has 0 spiro atoms. The quantitative estimate of drug-likeness (QED) is 0.507. The molecule has 1 aliphatic rings. The number of rotatable bonds is 6. The van der Waals surface area contributed by atoms with Gasteiger partial charge in [0.25, 0.3) is 0 Å². The lowest BCUT2D eigenvalue weighted by Gasteiger charge is -2.21. The van der Waals surface area contributed by atoms with E-state index in [9.17, 15) is 4.39 Å². The highest BCUT2D eigenvalue weighted by molar-refractivity contribution is 5.72. The summed E-state index contributed by atoms with van der Waals surface area (Å²) < 4.78 is 27.0. The maximum absolute atomic E-state index is 13.5. The Balaban J connectivity index is 1.57. The third-order valence-electron chi connectivity index (χ3n) is 4.98. The molecule has 1 saturated heterocycles. The van der Waals surface area contributed by atoms with Crippen molar-refractivity contribution in [1.82, 2.24) is 24.8 Å². The Hall–Kier alpha value is -3.30. The van der Waals surface area contributed by atoms with Gasteiger partial charge in [-0.05, 0) is 43.2 Å². The first kappa shape index (κ1) is 18.7. The zero-order valence-corrected chi connectivity index (χ0v) is 16.4. The van der Waals surface area contributed by atoms with Gasteiger partial charge in [0, 0.05) is 24.6 Å². The monoisotopic (exact) mass is 408 g/mol. The van der Waals surface area contributed by atoms with E-state index in [0.29, 0.717) is 30.7 Å². The number of aromatic amines is 1. The molecule has 4 heterocycles. The molecule has 0 amide bonds. The summed E-state index contributed by atoms with van der Waals surface area (Å²) in [5.74, 6) is 1.42. The van der Waals surface area contributed by atoms with Crippen LogP contribution in [0.4, 0.5) is 16.0 Å². The van der Waals surface area contributed by atoms with Crippen molar-refractivity contribution in [3.8, 4) is 0 Å². The fraction of sp³-hybridized carbons (Fsp3) is 0.286. The Morgan fingerprint density at radius 1 is 1.30 bits per heavy atom. The average Bonchev–Trinajstić information content (AvgIpc) is 3.49. The number of aryl methyl sites for hydroxylation is 1. The summed E-state index contributed by atoms with van der Waals surface area (Å²) in [5.41, 5.74) is 2.52. The van der Waals surface area contributed by atoms with E-state index in [-0.39, 0.29) is 11.9 Å². The number of nitrogens with one attached hydrogen (secondary N) is 2. The number of nitrogens with zero attached hydrogens (tertiary/aromatic N) is 4. The predicted octanol–water partition coefficient (Wildman–Crippen LogP) is 3.54. The molecule has 1 aliphatic heterocycles. The molecular weight excluding hydrogens is 387 g/mol. The minimum absolute atomic E-state index is 0.0746. The van der Waals surface area contributed by atoms with Crippen molar-refractivity contribution in [2.45, 2.75) is 25.6 Å². The van der Waals surface area contributed by atoms with Gasteiger partial charge in [0.2, 0.25) is 0 Å². The molecule has 4 aromatic rings. The van der Waals surface area contributed by atoms with Crippen LogP contribution in [0, 0.1) is 12.7 Å². The molecule has 2 N–H and O–H groups in total. The highest BCUT2D eigenvalue weighted by atomic mass is 19.1. The maximum Gasteiger partial charge on any atom is 0.184 e. The van der Waals surface area contributed by atoms with Crippen LogP contribution >= 0.6 is 0 Å². The van der Waals surface area contributed by atoms with Gasteiger partial charge < -0.3 is 14.8 Å². The van der Waals surface area contributed by atoms with Gasteiger partial charge in [-0.25, -0.2) is 13.9 Å². The fourth-order valence-corrected chi connectivity index (χ4v) is 3.50. The van der Waals surface area contributed by atoms with Crippen molar-refractivity contribution in [2.75, 3.05) is 18.5 Å². The normalized spacial score (nSPS) is 17.5. The van der Waals surface area contributed by atoms with Crippen LogP contribution in [0.2, 0.25) is 0 Å². The van der Waals surface area contributed by atoms with E-state index in [1.54, 1.807) is 16.6 Å². The molecule has 2 unspecified atom stereocenters. The molecule has 2 atom stereocenters. The molecular formula is C21H21FN6O2. The molecule has 0 saturated carbocycles. The molecule has 8 nitrogen and oxygen atoms in total. The van der Waals surface area contributed by atoms with E-state index >= 15 is 0 Å². The third kappa shape index (κ3) is 3.77. The van der Waals surface area contributed by atoms with Crippen LogP contribution in [-0.4, -0.2) is 44.1 Å². The molecule has 0 radical (unpaired) electrons. The number of aromatic nitrogens is 5. The molecule has 0 aliphatic carbocycles. The summed E-state index contributed by atoms with van der Waals surface area (Å²) in [6.07, 6.45) is 2.00. The van der Waals surface area contributed by atoms with Gasteiger partial charge in [0.15, 0.2) is 17.5 Å². The zero-order chi connectivity index (χ0) is 20.5. The summed E-state index contributed by atoms with van der Waals surface area (Å²) in [7, 11) is 0. The summed E-state index contributed by atoms with van der Waals surface area (Å²) in [6.45, 7) is 3.10. The largest absolute Gasteiger partial charge is 0.379 e. The number of fused-ring (bicyclic) bond motifs is 1. The second-order valence-corrected chi connectivity index (χ2v) is 7.27. The van der Waals surface area contributed by atoms with Crippen LogP contribution < -0.4 is 5.32 Å². The summed E-state index contributed by atoms with van der Waals surface area (Å²) in [6, 6.07) is 11.9. The molecule has 30 heavy (non-hydrogen) atoms. The van der Waals surface area contributed by atoms with Crippen molar-refractivity contribution in [3.63, 3.8) is 0 Å². The number of benzene rings is 1. The number of H-pyrrole nitrogens is 1. The third-order valence-corrected chi connectivity index (χ3v) is 4.98. The number of anilines is 2. The van der Waals surface area contributed by atoms with Crippen LogP contribution in [0.5, 0.6) is 0 Å². The first-order valence-electron chi connectivity index (χ1n) is 9.79. The van der Waals surface area contributed by atoms with E-state index in [4.69, 9.17) is 14.5 Å². The Morgan fingerprint density at radius 3 is 2.90 bits per heavy atom. The fourth-order valence-electron chi connectivity index (χ4n) is 3.50. The minimum Gasteiger partial charge on any atom is -0.379 e. The predicted molar refractivity (Wildman–Crippen MR) is 108 cm³/mol. The molecule has 1 aromatic carbocycles. The van der Waals surface area contributed by atoms with Crippen molar-refractivity contribution in [3.05, 3.63) is 71.6 Å². The molecule has 3 aromatic heterocycles. The lowest BCUT2D eigenvalue weighted by Crippen LogP contribution is -2.21. The highest BCUT2D eigenvalue weighted by Gasteiger charge is 2.27. The van der Waals surface area contributed by atoms with Gasteiger partial charge >= 0.3 is 0 Å². The lowest BCUT2D eigenvalue weighted by molar-refractivity contribution is -0.00147. The lowest BCUT2D eigenvalue weighted by atomic mass is 10.1. The highest BCUT2D eigenvalue weighted by Crippen LogP contribution is 2.29. The molecule has 1 fully saturated rings. The second-order valence-electron chi connectivity index (χ2n) is 7.27. The van der Waals surface area contributed by atoms with Crippen molar-refractivity contribution >= 4 is 17.2 Å². The number of ether oxygens (including phenoxy) is 2. The van der Waals surface area contributed by atoms with Gasteiger partial charge in [0.05, 0.1) is 12.7 Å². The number of hydrogen-bond acceptors (Lipinski definition) is 6. The molecule has 0 bridgehead atoms. The summed E-state index contributed by atoms with van der Waals surface area (Å²) >= 11 is 0. The van der Waals surface area contributed by atoms with Crippen molar-refractivity contribution in [2.24, 2.45) is 0 Å². The van der Waals surface area contributed by atoms with E-state index in [2.05, 4.69) is 20.6 Å². The minimum atomic E-state index is -0.564. The molecule has 5 rings (SSSR count). The number of hydrogen-bond donors (Lipinski definition) is 2. The van der Waals surface area contributed by atoms with E-state index in [1.165, 1.54) is 12.1 Å². The van der Waals surface area contributed by atoms with E-state index in [0.717, 1.165) is 23.2 Å². The van der Waals surface area contributed by atoms with Crippen LogP contribution in [0.3, 0.4) is 0 Å². The first-order valence-corrected chi connectivity index (χ1v) is 9.79. The Morgan fingerprint density at radius 2 is 2.17 bits per heavy atom. The SMILES string of the molecule is Cc1cc(Nc2nc(C(OC3CCOC3)c3ccc(F)cc3)nn3cccc23)n[nH]1. The number of halogens is 1. The summed E-state index contributed by atoms with van der Waals surface area (Å²) in [5, 5.41) is 15.1. The Labute approximate surface area is 172 Å². The van der Waals surface area contributed by atoms with Crippen LogP contribution in [0.15, 0.2) is 48.7 Å².